The summed E-state index contributed by atoms with van der Waals surface area (Å²) in [7, 11) is 1.64. The number of methoxy groups -OCH3 is 1. The minimum atomic E-state index is 0.150. The number of morpholine rings is 1. The molecule has 4 heteroatoms. The van der Waals surface area contributed by atoms with Crippen molar-refractivity contribution in [3.8, 4) is 5.75 Å². The Balaban J connectivity index is 2.28. The lowest BCUT2D eigenvalue weighted by Crippen LogP contribution is -2.41. The SMILES string of the molecule is COc1c(Cl)cccc1C1COCC(C)N1. The lowest BCUT2D eigenvalue weighted by atomic mass is 10.0. The van der Waals surface area contributed by atoms with Crippen LogP contribution in [-0.2, 0) is 4.74 Å². The number of ether oxygens (including phenoxy) is 2. The molecule has 0 saturated carbocycles. The van der Waals surface area contributed by atoms with Crippen molar-refractivity contribution in [1.29, 1.82) is 0 Å². The Hall–Kier alpha value is -0.770. The van der Waals surface area contributed by atoms with Gasteiger partial charge in [0.1, 0.15) is 5.75 Å². The van der Waals surface area contributed by atoms with Crippen LogP contribution in [0.1, 0.15) is 18.5 Å². The van der Waals surface area contributed by atoms with E-state index in [4.69, 9.17) is 21.1 Å². The Bertz CT molecular complexity index is 370. The van der Waals surface area contributed by atoms with Crippen LogP contribution in [0.2, 0.25) is 5.02 Å². The first-order valence-corrected chi connectivity index (χ1v) is 5.76. The molecule has 88 valence electrons. The summed E-state index contributed by atoms with van der Waals surface area (Å²) in [5.74, 6) is 0.736. The minimum Gasteiger partial charge on any atom is -0.495 e. The van der Waals surface area contributed by atoms with Gasteiger partial charge in [-0.05, 0) is 13.0 Å². The number of hydrogen-bond acceptors (Lipinski definition) is 3. The molecule has 2 atom stereocenters. The molecule has 1 saturated heterocycles. The van der Waals surface area contributed by atoms with Crippen molar-refractivity contribution in [1.82, 2.24) is 5.32 Å². The highest BCUT2D eigenvalue weighted by Crippen LogP contribution is 2.33. The fourth-order valence-corrected chi connectivity index (χ4v) is 2.26. The van der Waals surface area contributed by atoms with Gasteiger partial charge in [0.2, 0.25) is 0 Å². The van der Waals surface area contributed by atoms with Gasteiger partial charge in [0.25, 0.3) is 0 Å². The van der Waals surface area contributed by atoms with E-state index in [1.54, 1.807) is 7.11 Å². The summed E-state index contributed by atoms with van der Waals surface area (Å²) in [6.45, 7) is 3.50. The van der Waals surface area contributed by atoms with Gasteiger partial charge in [0.05, 0.1) is 31.4 Å². The van der Waals surface area contributed by atoms with E-state index >= 15 is 0 Å². The second-order valence-electron chi connectivity index (χ2n) is 4.02. The summed E-state index contributed by atoms with van der Waals surface area (Å²) >= 11 is 6.09. The van der Waals surface area contributed by atoms with E-state index in [0.717, 1.165) is 17.9 Å². The Labute approximate surface area is 101 Å². The Morgan fingerprint density at radius 1 is 1.44 bits per heavy atom. The number of benzene rings is 1. The largest absolute Gasteiger partial charge is 0.495 e. The Morgan fingerprint density at radius 3 is 2.94 bits per heavy atom. The van der Waals surface area contributed by atoms with Gasteiger partial charge in [0, 0.05) is 11.6 Å². The molecule has 1 aliphatic heterocycles. The third kappa shape index (κ3) is 2.32. The zero-order chi connectivity index (χ0) is 11.5. The van der Waals surface area contributed by atoms with Crippen molar-refractivity contribution >= 4 is 11.6 Å². The van der Waals surface area contributed by atoms with Crippen molar-refractivity contribution in [2.45, 2.75) is 19.0 Å². The van der Waals surface area contributed by atoms with Gasteiger partial charge in [-0.15, -0.1) is 0 Å². The van der Waals surface area contributed by atoms with E-state index in [1.807, 2.05) is 18.2 Å². The van der Waals surface area contributed by atoms with Crippen molar-refractivity contribution in [3.63, 3.8) is 0 Å². The summed E-state index contributed by atoms with van der Waals surface area (Å²) in [6.07, 6.45) is 0. The van der Waals surface area contributed by atoms with Gasteiger partial charge in [-0.25, -0.2) is 0 Å². The van der Waals surface area contributed by atoms with Gasteiger partial charge in [-0.2, -0.15) is 0 Å². The highest BCUT2D eigenvalue weighted by atomic mass is 35.5. The monoisotopic (exact) mass is 241 g/mol. The molecule has 0 amide bonds. The summed E-state index contributed by atoms with van der Waals surface area (Å²) in [6, 6.07) is 6.28. The van der Waals surface area contributed by atoms with E-state index in [0.29, 0.717) is 17.7 Å². The third-order valence-corrected chi connectivity index (χ3v) is 3.01. The van der Waals surface area contributed by atoms with E-state index in [9.17, 15) is 0 Å². The molecule has 2 unspecified atom stereocenters. The average Bonchev–Trinajstić information content (AvgIpc) is 2.28. The molecule has 1 aromatic rings. The summed E-state index contributed by atoms with van der Waals surface area (Å²) in [5.41, 5.74) is 1.06. The van der Waals surface area contributed by atoms with Gasteiger partial charge in [0.15, 0.2) is 0 Å². The molecule has 1 N–H and O–H groups in total. The second kappa shape index (κ2) is 5.04. The fourth-order valence-electron chi connectivity index (χ4n) is 2.00. The maximum absolute atomic E-state index is 6.09. The quantitative estimate of drug-likeness (QED) is 0.863. The molecule has 3 nitrogen and oxygen atoms in total. The van der Waals surface area contributed by atoms with Crippen LogP contribution in [0.4, 0.5) is 0 Å². The molecule has 1 aliphatic rings. The van der Waals surface area contributed by atoms with Crippen molar-refractivity contribution < 1.29 is 9.47 Å². The van der Waals surface area contributed by atoms with Crippen LogP contribution < -0.4 is 10.1 Å². The predicted octanol–water partition coefficient (Wildman–Crippen LogP) is 2.40. The topological polar surface area (TPSA) is 30.5 Å². The summed E-state index contributed by atoms with van der Waals surface area (Å²) in [4.78, 5) is 0. The zero-order valence-electron chi connectivity index (χ0n) is 9.50. The first kappa shape index (κ1) is 11.7. The first-order chi connectivity index (χ1) is 7.72. The highest BCUT2D eigenvalue weighted by Gasteiger charge is 2.23. The standard InChI is InChI=1S/C12H16ClNO2/c1-8-6-16-7-11(14-8)9-4-3-5-10(13)12(9)15-2/h3-5,8,11,14H,6-7H2,1-2H3. The summed E-state index contributed by atoms with van der Waals surface area (Å²) in [5, 5.41) is 4.11. The van der Waals surface area contributed by atoms with Gasteiger partial charge >= 0.3 is 0 Å². The average molecular weight is 242 g/mol. The first-order valence-electron chi connectivity index (χ1n) is 5.38. The van der Waals surface area contributed by atoms with E-state index < -0.39 is 0 Å². The Morgan fingerprint density at radius 2 is 2.25 bits per heavy atom. The van der Waals surface area contributed by atoms with Crippen LogP contribution in [0, 0.1) is 0 Å². The number of hydrogen-bond donors (Lipinski definition) is 1. The van der Waals surface area contributed by atoms with Crippen LogP contribution >= 0.6 is 11.6 Å². The number of rotatable bonds is 2. The molecule has 0 radical (unpaired) electrons. The molecule has 0 spiro atoms. The highest BCUT2D eigenvalue weighted by molar-refractivity contribution is 6.32. The van der Waals surface area contributed by atoms with Gasteiger partial charge in [-0.1, -0.05) is 23.7 Å². The molecule has 0 aromatic heterocycles. The Kier molecular flexibility index (Phi) is 3.69. The molecule has 0 bridgehead atoms. The smallest absolute Gasteiger partial charge is 0.142 e. The maximum Gasteiger partial charge on any atom is 0.142 e. The molecule has 1 heterocycles. The van der Waals surface area contributed by atoms with Crippen molar-refractivity contribution in [3.05, 3.63) is 28.8 Å². The van der Waals surface area contributed by atoms with E-state index in [1.165, 1.54) is 0 Å². The van der Waals surface area contributed by atoms with Crippen LogP contribution in [0.15, 0.2) is 18.2 Å². The number of halogens is 1. The molecule has 1 fully saturated rings. The van der Waals surface area contributed by atoms with E-state index in [-0.39, 0.29) is 6.04 Å². The molecular weight excluding hydrogens is 226 g/mol. The zero-order valence-corrected chi connectivity index (χ0v) is 10.3. The van der Waals surface area contributed by atoms with Gasteiger partial charge < -0.3 is 14.8 Å². The maximum atomic E-state index is 6.09. The van der Waals surface area contributed by atoms with Crippen LogP contribution in [-0.4, -0.2) is 26.4 Å². The van der Waals surface area contributed by atoms with Crippen LogP contribution in [0.5, 0.6) is 5.75 Å². The minimum absolute atomic E-state index is 0.150. The molecule has 0 aliphatic carbocycles. The second-order valence-corrected chi connectivity index (χ2v) is 4.43. The lowest BCUT2D eigenvalue weighted by molar-refractivity contribution is 0.0497. The molecule has 1 aromatic carbocycles. The lowest BCUT2D eigenvalue weighted by Gasteiger charge is -2.30. The number of nitrogens with one attached hydrogen (secondary N) is 1. The van der Waals surface area contributed by atoms with Crippen molar-refractivity contribution in [2.75, 3.05) is 20.3 Å². The molecular formula is C12H16ClNO2. The van der Waals surface area contributed by atoms with Crippen LogP contribution in [0.3, 0.4) is 0 Å². The fraction of sp³-hybridized carbons (Fsp3) is 0.500. The molecule has 2 rings (SSSR count). The molecule has 16 heavy (non-hydrogen) atoms. The van der Waals surface area contributed by atoms with Crippen molar-refractivity contribution in [2.24, 2.45) is 0 Å². The third-order valence-electron chi connectivity index (χ3n) is 2.72. The normalized spacial score (nSPS) is 25.4. The predicted molar refractivity (Wildman–Crippen MR) is 64.2 cm³/mol. The van der Waals surface area contributed by atoms with Crippen LogP contribution in [0.25, 0.3) is 0 Å². The number of para-hydroxylation sites is 1. The van der Waals surface area contributed by atoms with E-state index in [2.05, 4.69) is 12.2 Å². The summed E-state index contributed by atoms with van der Waals surface area (Å²) < 4.78 is 10.9. The van der Waals surface area contributed by atoms with Gasteiger partial charge in [-0.3, -0.25) is 0 Å².